The van der Waals surface area contributed by atoms with Gasteiger partial charge in [-0.1, -0.05) is 29.8 Å². The van der Waals surface area contributed by atoms with Gasteiger partial charge in [-0.25, -0.2) is 4.39 Å². The van der Waals surface area contributed by atoms with Crippen LogP contribution in [0.1, 0.15) is 16.7 Å². The van der Waals surface area contributed by atoms with Crippen LogP contribution in [0.2, 0.25) is 0 Å². The molecule has 0 unspecified atom stereocenters. The zero-order chi connectivity index (χ0) is 10.4. The lowest BCUT2D eigenvalue weighted by Gasteiger charge is -2.01. The van der Waals surface area contributed by atoms with Crippen LogP contribution in [-0.4, -0.2) is 0 Å². The summed E-state index contributed by atoms with van der Waals surface area (Å²) in [4.78, 5) is 0. The molecule has 2 aromatic rings. The van der Waals surface area contributed by atoms with Crippen LogP contribution < -0.4 is 0 Å². The van der Waals surface area contributed by atoms with Crippen LogP contribution >= 0.6 is 0 Å². The number of hydrogen-bond acceptors (Lipinski definition) is 0. The first-order valence-electron chi connectivity index (χ1n) is 5.12. The quantitative estimate of drug-likeness (QED) is 0.516. The second-order valence-corrected chi connectivity index (χ2v) is 4.14. The van der Waals surface area contributed by atoms with Gasteiger partial charge in [-0.3, -0.25) is 0 Å². The van der Waals surface area contributed by atoms with Gasteiger partial charge in [-0.05, 0) is 47.7 Å². The van der Waals surface area contributed by atoms with Crippen molar-refractivity contribution in [1.29, 1.82) is 0 Å². The molecule has 0 aliphatic heterocycles. The van der Waals surface area contributed by atoms with Crippen LogP contribution in [0.5, 0.6) is 0 Å². The van der Waals surface area contributed by atoms with Crippen molar-refractivity contribution in [1.82, 2.24) is 0 Å². The summed E-state index contributed by atoms with van der Waals surface area (Å²) in [7, 11) is 0. The lowest BCUT2D eigenvalue weighted by Crippen LogP contribution is -1.82. The molecule has 0 amide bonds. The molecule has 1 aliphatic rings. The summed E-state index contributed by atoms with van der Waals surface area (Å²) in [6.45, 7) is 2.09. The Morgan fingerprint density at radius 3 is 2.40 bits per heavy atom. The van der Waals surface area contributed by atoms with Gasteiger partial charge in [-0.15, -0.1) is 0 Å². The molecule has 0 spiro atoms. The van der Waals surface area contributed by atoms with Gasteiger partial charge < -0.3 is 0 Å². The van der Waals surface area contributed by atoms with Crippen molar-refractivity contribution in [3.63, 3.8) is 0 Å². The summed E-state index contributed by atoms with van der Waals surface area (Å²) in [6, 6.07) is 11.5. The van der Waals surface area contributed by atoms with Crippen LogP contribution in [0.15, 0.2) is 36.4 Å². The molecule has 0 radical (unpaired) electrons. The zero-order valence-corrected chi connectivity index (χ0v) is 8.55. The molecule has 1 heteroatoms. The van der Waals surface area contributed by atoms with E-state index in [0.29, 0.717) is 0 Å². The second kappa shape index (κ2) is 2.93. The molecule has 0 saturated heterocycles. The highest BCUT2D eigenvalue weighted by molar-refractivity contribution is 5.76. The number of halogens is 1. The molecule has 1 aliphatic carbocycles. The van der Waals surface area contributed by atoms with Gasteiger partial charge in [0.1, 0.15) is 5.82 Å². The molecule has 0 saturated carbocycles. The van der Waals surface area contributed by atoms with Crippen LogP contribution in [0, 0.1) is 12.7 Å². The predicted octanol–water partition coefficient (Wildman–Crippen LogP) is 3.71. The minimum atomic E-state index is -0.140. The molecule has 15 heavy (non-hydrogen) atoms. The molecule has 0 aromatic heterocycles. The summed E-state index contributed by atoms with van der Waals surface area (Å²) in [5, 5.41) is 0. The highest BCUT2D eigenvalue weighted by Crippen LogP contribution is 2.36. The van der Waals surface area contributed by atoms with Gasteiger partial charge in [0.2, 0.25) is 0 Å². The van der Waals surface area contributed by atoms with Gasteiger partial charge in [-0.2, -0.15) is 0 Å². The Balaban J connectivity index is 2.24. The topological polar surface area (TPSA) is 0 Å². The van der Waals surface area contributed by atoms with E-state index in [1.54, 1.807) is 6.07 Å². The van der Waals surface area contributed by atoms with Gasteiger partial charge >= 0.3 is 0 Å². The van der Waals surface area contributed by atoms with Crippen LogP contribution in [0.25, 0.3) is 11.1 Å². The largest absolute Gasteiger partial charge is 0.207 e. The molecule has 0 bridgehead atoms. The summed E-state index contributed by atoms with van der Waals surface area (Å²) < 4.78 is 13.1. The standard InChI is InChI=1S/C14H11F/c1-9-2-4-13-10(6-9)7-11-8-12(15)3-5-14(11)13/h2-6,8H,7H2,1H3. The first-order valence-corrected chi connectivity index (χ1v) is 5.12. The smallest absolute Gasteiger partial charge is 0.123 e. The second-order valence-electron chi connectivity index (χ2n) is 4.14. The lowest BCUT2D eigenvalue weighted by molar-refractivity contribution is 0.626. The van der Waals surface area contributed by atoms with Crippen LogP contribution in [0.3, 0.4) is 0 Å². The van der Waals surface area contributed by atoms with E-state index in [0.717, 1.165) is 12.0 Å². The van der Waals surface area contributed by atoms with Crippen molar-refractivity contribution < 1.29 is 4.39 Å². The maximum absolute atomic E-state index is 13.1. The van der Waals surface area contributed by atoms with Gasteiger partial charge in [0, 0.05) is 0 Å². The first-order chi connectivity index (χ1) is 7.24. The minimum Gasteiger partial charge on any atom is -0.207 e. The minimum absolute atomic E-state index is 0.140. The fraction of sp³-hybridized carbons (Fsp3) is 0.143. The maximum Gasteiger partial charge on any atom is 0.123 e. The molecular weight excluding hydrogens is 187 g/mol. The Bertz CT molecular complexity index is 492. The number of aryl methyl sites for hydroxylation is 1. The first kappa shape index (κ1) is 8.66. The molecule has 0 heterocycles. The van der Waals surface area contributed by atoms with E-state index in [9.17, 15) is 4.39 Å². The molecule has 74 valence electrons. The van der Waals surface area contributed by atoms with E-state index < -0.39 is 0 Å². The van der Waals surface area contributed by atoms with E-state index in [4.69, 9.17) is 0 Å². The van der Waals surface area contributed by atoms with Gasteiger partial charge in [0.15, 0.2) is 0 Å². The van der Waals surface area contributed by atoms with Crippen molar-refractivity contribution in [3.05, 3.63) is 58.9 Å². The van der Waals surface area contributed by atoms with E-state index in [-0.39, 0.29) is 5.82 Å². The summed E-state index contributed by atoms with van der Waals surface area (Å²) in [5.74, 6) is -0.140. The molecular formula is C14H11F. The van der Waals surface area contributed by atoms with Crippen molar-refractivity contribution in [2.45, 2.75) is 13.3 Å². The van der Waals surface area contributed by atoms with Crippen molar-refractivity contribution in [2.75, 3.05) is 0 Å². The summed E-state index contributed by atoms with van der Waals surface area (Å²) >= 11 is 0. The molecule has 0 nitrogen and oxygen atoms in total. The average Bonchev–Trinajstić information content (AvgIpc) is 2.53. The number of rotatable bonds is 0. The Labute approximate surface area is 88.4 Å². The number of benzene rings is 2. The average molecular weight is 198 g/mol. The van der Waals surface area contributed by atoms with E-state index in [2.05, 4.69) is 25.1 Å². The molecule has 0 fully saturated rings. The maximum atomic E-state index is 13.1. The lowest BCUT2D eigenvalue weighted by atomic mass is 10.0. The summed E-state index contributed by atoms with van der Waals surface area (Å²) in [6.07, 6.45) is 0.865. The number of fused-ring (bicyclic) bond motifs is 3. The van der Waals surface area contributed by atoms with Crippen LogP contribution in [-0.2, 0) is 6.42 Å². The third kappa shape index (κ3) is 1.27. The normalized spacial score (nSPS) is 12.4. The zero-order valence-electron chi connectivity index (χ0n) is 8.55. The van der Waals surface area contributed by atoms with Gasteiger partial charge in [0.25, 0.3) is 0 Å². The third-order valence-corrected chi connectivity index (χ3v) is 3.00. The van der Waals surface area contributed by atoms with E-state index in [1.165, 1.54) is 28.3 Å². The Kier molecular flexibility index (Phi) is 1.69. The molecule has 0 atom stereocenters. The van der Waals surface area contributed by atoms with Crippen LogP contribution in [0.4, 0.5) is 4.39 Å². The fourth-order valence-electron chi connectivity index (χ4n) is 2.31. The van der Waals surface area contributed by atoms with Gasteiger partial charge in [0.05, 0.1) is 0 Å². The monoisotopic (exact) mass is 198 g/mol. The Morgan fingerprint density at radius 2 is 1.60 bits per heavy atom. The Hall–Kier alpha value is -1.63. The SMILES string of the molecule is Cc1ccc2c(c1)Cc1cc(F)ccc1-2. The van der Waals surface area contributed by atoms with Crippen molar-refractivity contribution in [3.8, 4) is 11.1 Å². The van der Waals surface area contributed by atoms with Crippen molar-refractivity contribution in [2.24, 2.45) is 0 Å². The third-order valence-electron chi connectivity index (χ3n) is 3.00. The highest BCUT2D eigenvalue weighted by Gasteiger charge is 2.18. The number of hydrogen-bond donors (Lipinski definition) is 0. The summed E-state index contributed by atoms with van der Waals surface area (Å²) in [5.41, 5.74) is 6.13. The molecule has 3 rings (SSSR count). The fourth-order valence-corrected chi connectivity index (χ4v) is 2.31. The van der Waals surface area contributed by atoms with E-state index in [1.807, 2.05) is 6.07 Å². The molecule has 2 aromatic carbocycles. The predicted molar refractivity (Wildman–Crippen MR) is 59.4 cm³/mol. The Morgan fingerprint density at radius 1 is 0.933 bits per heavy atom. The molecule has 0 N–H and O–H groups in total. The van der Waals surface area contributed by atoms with E-state index >= 15 is 0 Å². The highest BCUT2D eigenvalue weighted by atomic mass is 19.1. The van der Waals surface area contributed by atoms with Crippen molar-refractivity contribution >= 4 is 0 Å².